The third kappa shape index (κ3) is 4.46. The van der Waals surface area contributed by atoms with E-state index in [4.69, 9.17) is 16.3 Å². The SMILES string of the molecule is CC(C)N=c1ccccn1C(=O)COc1ccc(Cl)cc1. The summed E-state index contributed by atoms with van der Waals surface area (Å²) >= 11 is 5.80. The number of aromatic nitrogens is 1. The number of hydrogen-bond acceptors (Lipinski definition) is 3. The van der Waals surface area contributed by atoms with Gasteiger partial charge in [-0.1, -0.05) is 17.7 Å². The van der Waals surface area contributed by atoms with Crippen LogP contribution >= 0.6 is 11.6 Å². The zero-order valence-electron chi connectivity index (χ0n) is 12.0. The van der Waals surface area contributed by atoms with Crippen LogP contribution in [0, 0.1) is 0 Å². The first-order valence-corrected chi connectivity index (χ1v) is 7.07. The maximum Gasteiger partial charge on any atom is 0.270 e. The van der Waals surface area contributed by atoms with Crippen molar-refractivity contribution in [1.29, 1.82) is 0 Å². The van der Waals surface area contributed by atoms with Crippen LogP contribution in [0.25, 0.3) is 0 Å². The van der Waals surface area contributed by atoms with Crippen LogP contribution in [0.15, 0.2) is 53.7 Å². The Morgan fingerprint density at radius 2 is 1.95 bits per heavy atom. The molecule has 0 fully saturated rings. The fraction of sp³-hybridized carbons (Fsp3) is 0.250. The maximum absolute atomic E-state index is 12.2. The standard InChI is InChI=1S/C16H17ClN2O2/c1-12(2)18-15-5-3-4-10-19(15)16(20)11-21-14-8-6-13(17)7-9-14/h3-10,12H,11H2,1-2H3. The van der Waals surface area contributed by atoms with Gasteiger partial charge in [0.2, 0.25) is 0 Å². The zero-order valence-corrected chi connectivity index (χ0v) is 12.7. The molecule has 5 heteroatoms. The first-order valence-electron chi connectivity index (χ1n) is 6.69. The highest BCUT2D eigenvalue weighted by Crippen LogP contribution is 2.15. The van der Waals surface area contributed by atoms with E-state index in [0.717, 1.165) is 0 Å². The summed E-state index contributed by atoms with van der Waals surface area (Å²) < 4.78 is 6.96. The molecular formula is C16H17ClN2O2. The topological polar surface area (TPSA) is 43.6 Å². The summed E-state index contributed by atoms with van der Waals surface area (Å²) in [5.74, 6) is 0.427. The molecular weight excluding hydrogens is 288 g/mol. The van der Waals surface area contributed by atoms with Gasteiger partial charge in [-0.25, -0.2) is 0 Å². The van der Waals surface area contributed by atoms with Crippen molar-refractivity contribution in [2.75, 3.05) is 6.61 Å². The molecule has 2 rings (SSSR count). The molecule has 0 unspecified atom stereocenters. The van der Waals surface area contributed by atoms with Gasteiger partial charge in [0.05, 0.1) is 0 Å². The van der Waals surface area contributed by atoms with E-state index in [1.54, 1.807) is 42.6 Å². The largest absolute Gasteiger partial charge is 0.484 e. The molecule has 2 aromatic rings. The molecule has 0 bridgehead atoms. The van der Waals surface area contributed by atoms with Crippen LogP contribution in [0.2, 0.25) is 5.02 Å². The number of pyridine rings is 1. The lowest BCUT2D eigenvalue weighted by atomic mass is 10.3. The van der Waals surface area contributed by atoms with Crippen molar-refractivity contribution < 1.29 is 9.53 Å². The van der Waals surface area contributed by atoms with Gasteiger partial charge < -0.3 is 4.74 Å². The minimum absolute atomic E-state index is 0.0586. The Hall–Kier alpha value is -2.07. The number of rotatable bonds is 4. The van der Waals surface area contributed by atoms with Gasteiger partial charge in [-0.05, 0) is 50.2 Å². The molecule has 1 aromatic heterocycles. The molecule has 0 aliphatic heterocycles. The molecule has 1 aromatic carbocycles. The number of benzene rings is 1. The van der Waals surface area contributed by atoms with Crippen LogP contribution in [0.1, 0.15) is 18.6 Å². The Labute approximate surface area is 128 Å². The van der Waals surface area contributed by atoms with Gasteiger partial charge >= 0.3 is 0 Å². The Morgan fingerprint density at radius 3 is 2.62 bits per heavy atom. The maximum atomic E-state index is 12.2. The molecule has 0 amide bonds. The van der Waals surface area contributed by atoms with Crippen molar-refractivity contribution in [3.8, 4) is 5.75 Å². The Morgan fingerprint density at radius 1 is 1.24 bits per heavy atom. The minimum atomic E-state index is -0.176. The van der Waals surface area contributed by atoms with Crippen molar-refractivity contribution >= 4 is 17.5 Å². The monoisotopic (exact) mass is 304 g/mol. The van der Waals surface area contributed by atoms with Crippen molar-refractivity contribution in [2.45, 2.75) is 19.9 Å². The molecule has 0 N–H and O–H groups in total. The van der Waals surface area contributed by atoms with Crippen LogP contribution in [-0.4, -0.2) is 23.1 Å². The van der Waals surface area contributed by atoms with Gasteiger partial charge in [0, 0.05) is 17.3 Å². The highest BCUT2D eigenvalue weighted by Gasteiger charge is 2.06. The minimum Gasteiger partial charge on any atom is -0.484 e. The molecule has 0 atom stereocenters. The van der Waals surface area contributed by atoms with Crippen molar-refractivity contribution in [3.63, 3.8) is 0 Å². The lowest BCUT2D eigenvalue weighted by molar-refractivity contribution is 0.0831. The summed E-state index contributed by atoms with van der Waals surface area (Å²) in [6, 6.07) is 12.5. The van der Waals surface area contributed by atoms with Gasteiger partial charge in [0.25, 0.3) is 5.91 Å². The second-order valence-electron chi connectivity index (χ2n) is 4.79. The van der Waals surface area contributed by atoms with E-state index in [0.29, 0.717) is 16.3 Å². The van der Waals surface area contributed by atoms with E-state index in [-0.39, 0.29) is 18.6 Å². The van der Waals surface area contributed by atoms with Gasteiger partial charge in [-0.15, -0.1) is 0 Å². The highest BCUT2D eigenvalue weighted by molar-refractivity contribution is 6.30. The second kappa shape index (κ2) is 7.09. The van der Waals surface area contributed by atoms with E-state index < -0.39 is 0 Å². The van der Waals surface area contributed by atoms with E-state index in [1.807, 2.05) is 19.9 Å². The summed E-state index contributed by atoms with van der Waals surface area (Å²) in [4.78, 5) is 16.7. The molecule has 1 heterocycles. The fourth-order valence-corrected chi connectivity index (χ4v) is 1.89. The fourth-order valence-electron chi connectivity index (χ4n) is 1.76. The predicted molar refractivity (Wildman–Crippen MR) is 82.7 cm³/mol. The molecule has 110 valence electrons. The normalized spacial score (nSPS) is 11.7. The molecule has 4 nitrogen and oxygen atoms in total. The summed E-state index contributed by atoms with van der Waals surface area (Å²) in [5.41, 5.74) is 0.622. The average Bonchev–Trinajstić information content (AvgIpc) is 2.46. The first kappa shape index (κ1) is 15.3. The van der Waals surface area contributed by atoms with Crippen LogP contribution in [0.3, 0.4) is 0 Å². The Bertz CT molecular complexity index is 675. The number of ether oxygens (including phenoxy) is 1. The average molecular weight is 305 g/mol. The number of carbonyl (C=O) groups excluding carboxylic acids is 1. The van der Waals surface area contributed by atoms with Crippen LogP contribution in [0.4, 0.5) is 0 Å². The van der Waals surface area contributed by atoms with E-state index >= 15 is 0 Å². The van der Waals surface area contributed by atoms with Gasteiger partial charge in [-0.2, -0.15) is 0 Å². The van der Waals surface area contributed by atoms with Crippen LogP contribution in [0.5, 0.6) is 5.75 Å². The predicted octanol–water partition coefficient (Wildman–Crippen LogP) is 3.17. The summed E-state index contributed by atoms with van der Waals surface area (Å²) in [5, 5.41) is 0.629. The van der Waals surface area contributed by atoms with Crippen molar-refractivity contribution in [3.05, 3.63) is 59.2 Å². The van der Waals surface area contributed by atoms with Crippen molar-refractivity contribution in [1.82, 2.24) is 4.57 Å². The van der Waals surface area contributed by atoms with Crippen LogP contribution < -0.4 is 10.2 Å². The number of carbonyl (C=O) groups is 1. The second-order valence-corrected chi connectivity index (χ2v) is 5.22. The Balaban J connectivity index is 2.12. The molecule has 0 aliphatic rings. The number of hydrogen-bond donors (Lipinski definition) is 0. The van der Waals surface area contributed by atoms with E-state index in [9.17, 15) is 4.79 Å². The van der Waals surface area contributed by atoms with Crippen LogP contribution in [-0.2, 0) is 0 Å². The molecule has 0 aliphatic carbocycles. The molecule has 0 radical (unpaired) electrons. The van der Waals surface area contributed by atoms with E-state index in [2.05, 4.69) is 4.99 Å². The third-order valence-electron chi connectivity index (χ3n) is 2.67. The Kier molecular flexibility index (Phi) is 5.17. The molecule has 0 saturated carbocycles. The lowest BCUT2D eigenvalue weighted by Gasteiger charge is -2.09. The van der Waals surface area contributed by atoms with Gasteiger partial charge in [0.1, 0.15) is 11.2 Å². The molecule has 0 saturated heterocycles. The molecule has 21 heavy (non-hydrogen) atoms. The highest BCUT2D eigenvalue weighted by atomic mass is 35.5. The lowest BCUT2D eigenvalue weighted by Crippen LogP contribution is -2.31. The van der Waals surface area contributed by atoms with Crippen molar-refractivity contribution in [2.24, 2.45) is 4.99 Å². The quantitative estimate of drug-likeness (QED) is 0.871. The molecule has 0 spiro atoms. The third-order valence-corrected chi connectivity index (χ3v) is 2.93. The van der Waals surface area contributed by atoms with Gasteiger partial charge in [-0.3, -0.25) is 14.4 Å². The van der Waals surface area contributed by atoms with Gasteiger partial charge in [0.15, 0.2) is 6.61 Å². The first-order chi connectivity index (χ1) is 10.1. The summed E-state index contributed by atoms with van der Waals surface area (Å²) in [7, 11) is 0. The summed E-state index contributed by atoms with van der Waals surface area (Å²) in [6.45, 7) is 3.87. The smallest absolute Gasteiger partial charge is 0.270 e. The summed E-state index contributed by atoms with van der Waals surface area (Å²) in [6.07, 6.45) is 1.69. The van der Waals surface area contributed by atoms with E-state index in [1.165, 1.54) is 4.57 Å². The number of nitrogens with zero attached hydrogens (tertiary/aromatic N) is 2. The zero-order chi connectivity index (χ0) is 15.2. The number of halogens is 1.